The molecule has 0 amide bonds. The van der Waals surface area contributed by atoms with Crippen molar-refractivity contribution in [2.75, 3.05) is 27.0 Å². The summed E-state index contributed by atoms with van der Waals surface area (Å²) in [6.45, 7) is 4.71. The lowest BCUT2D eigenvalue weighted by Crippen LogP contribution is -2.33. The van der Waals surface area contributed by atoms with Gasteiger partial charge >= 0.3 is 0 Å². The van der Waals surface area contributed by atoms with E-state index in [-0.39, 0.29) is 5.78 Å². The van der Waals surface area contributed by atoms with E-state index in [2.05, 4.69) is 9.88 Å². The van der Waals surface area contributed by atoms with Crippen LogP contribution in [0.1, 0.15) is 33.5 Å². The molecule has 0 bridgehead atoms. The van der Waals surface area contributed by atoms with Crippen molar-refractivity contribution in [2.24, 2.45) is 0 Å². The molecule has 0 fully saturated rings. The second kappa shape index (κ2) is 7.50. The van der Waals surface area contributed by atoms with Crippen molar-refractivity contribution in [3.8, 4) is 11.5 Å². The lowest BCUT2D eigenvalue weighted by Gasteiger charge is -2.30. The van der Waals surface area contributed by atoms with Crippen LogP contribution in [0.3, 0.4) is 0 Å². The number of benzene rings is 1. The summed E-state index contributed by atoms with van der Waals surface area (Å²) in [5, 5.41) is 0. The number of aromatic nitrogens is 1. The average molecular weight is 366 g/mol. The molecule has 6 heteroatoms. The second-order valence-electron chi connectivity index (χ2n) is 6.77. The summed E-state index contributed by atoms with van der Waals surface area (Å²) in [5.41, 5.74) is 3.27. The molecule has 27 heavy (non-hydrogen) atoms. The second-order valence-corrected chi connectivity index (χ2v) is 6.77. The normalized spacial score (nSPS) is 17.4. The Morgan fingerprint density at radius 3 is 3.07 bits per heavy atom. The van der Waals surface area contributed by atoms with Crippen LogP contribution in [0.15, 0.2) is 36.4 Å². The maximum absolute atomic E-state index is 12.9. The van der Waals surface area contributed by atoms with Gasteiger partial charge in [0, 0.05) is 39.2 Å². The lowest BCUT2D eigenvalue weighted by molar-refractivity contribution is 0.0822. The average Bonchev–Trinajstić information content (AvgIpc) is 3.00. The first-order chi connectivity index (χ1) is 13.2. The van der Waals surface area contributed by atoms with Crippen LogP contribution in [0, 0.1) is 6.92 Å². The van der Waals surface area contributed by atoms with E-state index < -0.39 is 0 Å². The van der Waals surface area contributed by atoms with Crippen LogP contribution in [0.5, 0.6) is 11.5 Å². The minimum atomic E-state index is -0.0920. The standard InChI is InChI=1S/C21H22N2O4/c1-14-9-17-16(12-23(13-26-17)7-4-8-25-2)21-19(14)20(24)18(27-21)10-15-5-3-6-22-11-15/h3,5-6,9-11H,4,7-8,12-13H2,1-2H3/b18-10-. The van der Waals surface area contributed by atoms with Gasteiger partial charge in [0.25, 0.3) is 0 Å². The van der Waals surface area contributed by atoms with E-state index in [1.165, 1.54) is 0 Å². The van der Waals surface area contributed by atoms with Crippen molar-refractivity contribution >= 4 is 11.9 Å². The summed E-state index contributed by atoms with van der Waals surface area (Å²) < 4.78 is 17.1. The molecule has 2 aliphatic rings. The van der Waals surface area contributed by atoms with Crippen LogP contribution in [-0.2, 0) is 11.3 Å². The predicted molar refractivity (Wildman–Crippen MR) is 101 cm³/mol. The van der Waals surface area contributed by atoms with Crippen molar-refractivity contribution in [1.82, 2.24) is 9.88 Å². The fourth-order valence-electron chi connectivity index (χ4n) is 3.46. The first-order valence-electron chi connectivity index (χ1n) is 9.02. The van der Waals surface area contributed by atoms with Gasteiger partial charge in [0.15, 0.2) is 5.76 Å². The van der Waals surface area contributed by atoms with Gasteiger partial charge in [-0.15, -0.1) is 0 Å². The molecule has 0 saturated carbocycles. The Morgan fingerprint density at radius 1 is 1.41 bits per heavy atom. The van der Waals surface area contributed by atoms with E-state index in [0.717, 1.165) is 35.4 Å². The highest BCUT2D eigenvalue weighted by Gasteiger charge is 2.35. The van der Waals surface area contributed by atoms with Gasteiger partial charge in [-0.3, -0.25) is 14.7 Å². The smallest absolute Gasteiger partial charge is 0.232 e. The molecule has 0 radical (unpaired) electrons. The molecule has 1 aromatic carbocycles. The SMILES string of the molecule is COCCCN1COc2cc(C)c3c(c2C1)O/C(=C\c1cccnc1)C3=O. The Hall–Kier alpha value is -2.70. The third-order valence-electron chi connectivity index (χ3n) is 4.79. The zero-order valence-electron chi connectivity index (χ0n) is 15.5. The van der Waals surface area contributed by atoms with Gasteiger partial charge in [0.1, 0.15) is 18.2 Å². The Morgan fingerprint density at radius 2 is 2.30 bits per heavy atom. The molecule has 6 nitrogen and oxygen atoms in total. The molecule has 2 aliphatic heterocycles. The molecule has 0 spiro atoms. The molecule has 0 saturated heterocycles. The number of pyridine rings is 1. The van der Waals surface area contributed by atoms with Crippen molar-refractivity contribution in [2.45, 2.75) is 19.9 Å². The molecular formula is C21H22N2O4. The number of carbonyl (C=O) groups excluding carboxylic acids is 1. The number of nitrogens with zero attached hydrogens (tertiary/aromatic N) is 2. The molecule has 0 atom stereocenters. The van der Waals surface area contributed by atoms with E-state index in [4.69, 9.17) is 14.2 Å². The lowest BCUT2D eigenvalue weighted by atomic mass is 9.98. The van der Waals surface area contributed by atoms with Gasteiger partial charge in [-0.05, 0) is 42.7 Å². The fraction of sp³-hybridized carbons (Fsp3) is 0.333. The first-order valence-corrected chi connectivity index (χ1v) is 9.02. The number of fused-ring (bicyclic) bond motifs is 3. The number of Topliss-reactive ketones (excluding diaryl/α,β-unsaturated/α-hetero) is 1. The third kappa shape index (κ3) is 3.46. The number of aryl methyl sites for hydroxylation is 1. The van der Waals surface area contributed by atoms with E-state index >= 15 is 0 Å². The van der Waals surface area contributed by atoms with Crippen molar-refractivity contribution in [1.29, 1.82) is 0 Å². The Labute approximate surface area is 158 Å². The Kier molecular flexibility index (Phi) is 4.92. The van der Waals surface area contributed by atoms with Crippen LogP contribution in [0.25, 0.3) is 6.08 Å². The minimum absolute atomic E-state index is 0.0920. The summed E-state index contributed by atoms with van der Waals surface area (Å²) in [6.07, 6.45) is 6.07. The van der Waals surface area contributed by atoms with Gasteiger partial charge in [0.05, 0.1) is 11.1 Å². The quantitative estimate of drug-likeness (QED) is 0.598. The summed E-state index contributed by atoms with van der Waals surface area (Å²) in [7, 11) is 1.70. The molecule has 0 N–H and O–H groups in total. The Bertz CT molecular complexity index is 893. The molecular weight excluding hydrogens is 344 g/mol. The number of hydrogen-bond acceptors (Lipinski definition) is 6. The predicted octanol–water partition coefficient (Wildman–Crippen LogP) is 3.19. The largest absolute Gasteiger partial charge is 0.478 e. The van der Waals surface area contributed by atoms with Crippen LogP contribution >= 0.6 is 0 Å². The summed E-state index contributed by atoms with van der Waals surface area (Å²) >= 11 is 0. The highest BCUT2D eigenvalue weighted by atomic mass is 16.5. The van der Waals surface area contributed by atoms with Gasteiger partial charge in [-0.1, -0.05) is 6.07 Å². The van der Waals surface area contributed by atoms with Crippen LogP contribution in [0.2, 0.25) is 0 Å². The molecule has 3 heterocycles. The maximum atomic E-state index is 12.9. The minimum Gasteiger partial charge on any atom is -0.478 e. The monoisotopic (exact) mass is 366 g/mol. The van der Waals surface area contributed by atoms with Crippen molar-refractivity contribution < 1.29 is 19.0 Å². The summed E-state index contributed by atoms with van der Waals surface area (Å²) in [6, 6.07) is 5.66. The number of hydrogen-bond donors (Lipinski definition) is 0. The van der Waals surface area contributed by atoms with Crippen molar-refractivity contribution in [3.63, 3.8) is 0 Å². The zero-order valence-corrected chi connectivity index (χ0v) is 15.5. The number of rotatable bonds is 5. The van der Waals surface area contributed by atoms with Crippen LogP contribution in [-0.4, -0.2) is 42.7 Å². The number of ether oxygens (including phenoxy) is 3. The summed E-state index contributed by atoms with van der Waals surface area (Å²) in [4.78, 5) is 19.2. The third-order valence-corrected chi connectivity index (χ3v) is 4.79. The highest BCUT2D eigenvalue weighted by molar-refractivity contribution is 6.15. The van der Waals surface area contributed by atoms with Crippen LogP contribution < -0.4 is 9.47 Å². The Balaban J connectivity index is 1.64. The molecule has 2 aromatic rings. The molecule has 0 unspecified atom stereocenters. The number of carbonyl (C=O) groups is 1. The van der Waals surface area contributed by atoms with Crippen LogP contribution in [0.4, 0.5) is 0 Å². The molecule has 4 rings (SSSR count). The van der Waals surface area contributed by atoms with Gasteiger partial charge in [-0.25, -0.2) is 0 Å². The van der Waals surface area contributed by atoms with Gasteiger partial charge in [0.2, 0.25) is 5.78 Å². The number of allylic oxidation sites excluding steroid dienone is 1. The molecule has 140 valence electrons. The molecule has 1 aromatic heterocycles. The zero-order chi connectivity index (χ0) is 18.8. The topological polar surface area (TPSA) is 60.9 Å². The van der Waals surface area contributed by atoms with Crippen molar-refractivity contribution in [3.05, 3.63) is 58.6 Å². The highest BCUT2D eigenvalue weighted by Crippen LogP contribution is 2.43. The number of ketones is 1. The fourth-order valence-corrected chi connectivity index (χ4v) is 3.46. The van der Waals surface area contributed by atoms with E-state index in [1.807, 2.05) is 25.1 Å². The van der Waals surface area contributed by atoms with Gasteiger partial charge in [-0.2, -0.15) is 0 Å². The number of methoxy groups -OCH3 is 1. The van der Waals surface area contributed by atoms with Gasteiger partial charge < -0.3 is 14.2 Å². The molecule has 0 aliphatic carbocycles. The van der Waals surface area contributed by atoms with E-state index in [9.17, 15) is 4.79 Å². The maximum Gasteiger partial charge on any atom is 0.232 e. The van der Waals surface area contributed by atoms with E-state index in [1.54, 1.807) is 25.6 Å². The summed E-state index contributed by atoms with van der Waals surface area (Å²) in [5.74, 6) is 1.66. The van der Waals surface area contributed by atoms with E-state index in [0.29, 0.717) is 37.0 Å². The first kappa shape index (κ1) is 17.7.